The first-order chi connectivity index (χ1) is 8.70. The molecule has 0 aliphatic heterocycles. The number of halogens is 1. The van der Waals surface area contributed by atoms with E-state index in [2.05, 4.69) is 35.6 Å². The second kappa shape index (κ2) is 7.31. The molecule has 2 rings (SSSR count). The fourth-order valence-corrected chi connectivity index (χ4v) is 1.91. The highest BCUT2D eigenvalue weighted by molar-refractivity contribution is 5.85. The van der Waals surface area contributed by atoms with E-state index in [0.29, 0.717) is 0 Å². The molecule has 1 N–H and O–H groups in total. The van der Waals surface area contributed by atoms with Crippen molar-refractivity contribution in [2.24, 2.45) is 7.05 Å². The van der Waals surface area contributed by atoms with E-state index in [0.717, 1.165) is 26.1 Å². The molecule has 0 aliphatic carbocycles. The Kier molecular flexibility index (Phi) is 6.05. The smallest absolute Gasteiger partial charge is 0.0537 e. The molecule has 2 aromatic heterocycles. The molecule has 5 nitrogen and oxygen atoms in total. The zero-order valence-corrected chi connectivity index (χ0v) is 12.6. The van der Waals surface area contributed by atoms with Crippen LogP contribution >= 0.6 is 12.4 Å². The molecule has 0 fully saturated rings. The van der Waals surface area contributed by atoms with Crippen molar-refractivity contribution < 1.29 is 0 Å². The van der Waals surface area contributed by atoms with Gasteiger partial charge >= 0.3 is 0 Å². The van der Waals surface area contributed by atoms with Crippen molar-refractivity contribution in [2.75, 3.05) is 0 Å². The lowest BCUT2D eigenvalue weighted by atomic mass is 10.2. The molecule has 0 aliphatic rings. The first kappa shape index (κ1) is 15.7. The van der Waals surface area contributed by atoms with Crippen LogP contribution in [-0.2, 0) is 26.7 Å². The minimum Gasteiger partial charge on any atom is -0.308 e. The van der Waals surface area contributed by atoms with Crippen LogP contribution in [0.2, 0.25) is 0 Å². The van der Waals surface area contributed by atoms with E-state index >= 15 is 0 Å². The van der Waals surface area contributed by atoms with Crippen molar-refractivity contribution in [3.8, 4) is 0 Å². The lowest BCUT2D eigenvalue weighted by Crippen LogP contribution is -2.12. The van der Waals surface area contributed by atoms with Gasteiger partial charge in [-0.15, -0.1) is 12.4 Å². The van der Waals surface area contributed by atoms with Gasteiger partial charge in [0.25, 0.3) is 0 Å². The second-order valence-corrected chi connectivity index (χ2v) is 4.59. The number of nitrogens with zero attached hydrogens (tertiary/aromatic N) is 4. The Balaban J connectivity index is 0.00000180. The van der Waals surface area contributed by atoms with Gasteiger partial charge in [-0.25, -0.2) is 0 Å². The molecule has 0 atom stereocenters. The van der Waals surface area contributed by atoms with Gasteiger partial charge in [-0.1, -0.05) is 6.92 Å². The largest absolute Gasteiger partial charge is 0.308 e. The summed E-state index contributed by atoms with van der Waals surface area (Å²) >= 11 is 0. The van der Waals surface area contributed by atoms with Gasteiger partial charge in [-0.05, 0) is 13.3 Å². The lowest BCUT2D eigenvalue weighted by Gasteiger charge is -2.02. The van der Waals surface area contributed by atoms with Crippen LogP contribution in [0, 0.1) is 6.92 Å². The van der Waals surface area contributed by atoms with Gasteiger partial charge < -0.3 is 5.32 Å². The number of hydrogen-bond donors (Lipinski definition) is 1. The van der Waals surface area contributed by atoms with Crippen molar-refractivity contribution in [2.45, 2.75) is 39.9 Å². The summed E-state index contributed by atoms with van der Waals surface area (Å²) in [6, 6.07) is 0. The molecule has 106 valence electrons. The molecule has 0 bridgehead atoms. The first-order valence-corrected chi connectivity index (χ1v) is 6.40. The normalized spacial score (nSPS) is 10.5. The predicted octanol–water partition coefficient (Wildman–Crippen LogP) is 2.05. The minimum atomic E-state index is 0. The van der Waals surface area contributed by atoms with Crippen molar-refractivity contribution in [1.82, 2.24) is 24.9 Å². The van der Waals surface area contributed by atoms with E-state index in [1.807, 2.05) is 28.8 Å². The van der Waals surface area contributed by atoms with Gasteiger partial charge in [0.05, 0.1) is 12.4 Å². The van der Waals surface area contributed by atoms with Crippen molar-refractivity contribution in [3.05, 3.63) is 35.4 Å². The highest BCUT2D eigenvalue weighted by Crippen LogP contribution is 2.05. The van der Waals surface area contributed by atoms with Gasteiger partial charge in [0.2, 0.25) is 0 Å². The van der Waals surface area contributed by atoms with E-state index in [1.165, 1.54) is 16.8 Å². The summed E-state index contributed by atoms with van der Waals surface area (Å²) in [6.07, 6.45) is 7.07. The number of aromatic nitrogens is 4. The molecular weight excluding hydrogens is 262 g/mol. The zero-order valence-electron chi connectivity index (χ0n) is 11.8. The topological polar surface area (TPSA) is 47.7 Å². The quantitative estimate of drug-likeness (QED) is 0.883. The van der Waals surface area contributed by atoms with E-state index in [-0.39, 0.29) is 12.4 Å². The van der Waals surface area contributed by atoms with E-state index < -0.39 is 0 Å². The molecule has 0 saturated heterocycles. The zero-order chi connectivity index (χ0) is 13.0. The van der Waals surface area contributed by atoms with Crippen LogP contribution in [-0.4, -0.2) is 19.6 Å². The third-order valence-corrected chi connectivity index (χ3v) is 3.12. The molecule has 2 heterocycles. The maximum atomic E-state index is 4.31. The number of hydrogen-bond acceptors (Lipinski definition) is 3. The Morgan fingerprint density at radius 3 is 2.63 bits per heavy atom. The SMILES string of the molecule is CCCn1cc(CNCc2cnn(C)c2C)cn1.Cl. The Hall–Kier alpha value is -1.33. The maximum absolute atomic E-state index is 4.31. The molecule has 6 heteroatoms. The average molecular weight is 284 g/mol. The minimum absolute atomic E-state index is 0. The molecule has 2 aromatic rings. The van der Waals surface area contributed by atoms with Crippen LogP contribution in [0.4, 0.5) is 0 Å². The Bertz CT molecular complexity index is 503. The van der Waals surface area contributed by atoms with Crippen LogP contribution in [0.5, 0.6) is 0 Å². The summed E-state index contributed by atoms with van der Waals surface area (Å²) in [4.78, 5) is 0. The highest BCUT2D eigenvalue weighted by Gasteiger charge is 2.03. The van der Waals surface area contributed by atoms with Gasteiger partial charge in [0, 0.05) is 49.7 Å². The Morgan fingerprint density at radius 1 is 1.21 bits per heavy atom. The van der Waals surface area contributed by atoms with Gasteiger partial charge in [0.1, 0.15) is 0 Å². The van der Waals surface area contributed by atoms with Gasteiger partial charge in [-0.3, -0.25) is 9.36 Å². The first-order valence-electron chi connectivity index (χ1n) is 6.40. The molecule has 0 radical (unpaired) electrons. The Morgan fingerprint density at radius 2 is 2.00 bits per heavy atom. The highest BCUT2D eigenvalue weighted by atomic mass is 35.5. The third-order valence-electron chi connectivity index (χ3n) is 3.12. The lowest BCUT2D eigenvalue weighted by molar-refractivity contribution is 0.601. The third kappa shape index (κ3) is 4.08. The predicted molar refractivity (Wildman–Crippen MR) is 78.3 cm³/mol. The Labute approximate surface area is 120 Å². The van der Waals surface area contributed by atoms with E-state index in [9.17, 15) is 0 Å². The van der Waals surface area contributed by atoms with E-state index in [4.69, 9.17) is 0 Å². The molecule has 0 saturated carbocycles. The summed E-state index contributed by atoms with van der Waals surface area (Å²) in [7, 11) is 1.97. The summed E-state index contributed by atoms with van der Waals surface area (Å²) in [5.74, 6) is 0. The second-order valence-electron chi connectivity index (χ2n) is 4.59. The molecule has 19 heavy (non-hydrogen) atoms. The fourth-order valence-electron chi connectivity index (χ4n) is 1.91. The summed E-state index contributed by atoms with van der Waals surface area (Å²) in [6.45, 7) is 6.92. The molecule has 0 unspecified atom stereocenters. The standard InChI is InChI=1S/C13H21N5.ClH/c1-4-5-18-10-12(7-16-18)6-14-8-13-9-15-17(3)11(13)2;/h7,9-10,14H,4-6,8H2,1-3H3;1H. The number of nitrogens with one attached hydrogen (secondary N) is 1. The van der Waals surface area contributed by atoms with Crippen LogP contribution in [0.15, 0.2) is 18.6 Å². The molecule has 0 spiro atoms. The van der Waals surface area contributed by atoms with E-state index in [1.54, 1.807) is 0 Å². The van der Waals surface area contributed by atoms with Gasteiger partial charge in [0.15, 0.2) is 0 Å². The van der Waals surface area contributed by atoms with Crippen molar-refractivity contribution in [1.29, 1.82) is 0 Å². The molecule has 0 amide bonds. The number of rotatable bonds is 6. The van der Waals surface area contributed by atoms with Gasteiger partial charge in [-0.2, -0.15) is 10.2 Å². The maximum Gasteiger partial charge on any atom is 0.0537 e. The van der Waals surface area contributed by atoms with Crippen LogP contribution < -0.4 is 5.32 Å². The van der Waals surface area contributed by atoms with Crippen molar-refractivity contribution in [3.63, 3.8) is 0 Å². The van der Waals surface area contributed by atoms with Crippen molar-refractivity contribution >= 4 is 12.4 Å². The molecule has 0 aromatic carbocycles. The molecular formula is C13H22ClN5. The summed E-state index contributed by atoms with van der Waals surface area (Å²) in [5, 5.41) is 12.0. The monoisotopic (exact) mass is 283 g/mol. The summed E-state index contributed by atoms with van der Waals surface area (Å²) < 4.78 is 3.89. The van der Waals surface area contributed by atoms with Crippen LogP contribution in [0.3, 0.4) is 0 Å². The summed E-state index contributed by atoms with van der Waals surface area (Å²) in [5.41, 5.74) is 3.69. The van der Waals surface area contributed by atoms with Crippen LogP contribution in [0.1, 0.15) is 30.2 Å². The fraction of sp³-hybridized carbons (Fsp3) is 0.538. The average Bonchev–Trinajstić information content (AvgIpc) is 2.91. The van der Waals surface area contributed by atoms with Crippen LogP contribution in [0.25, 0.3) is 0 Å². The number of aryl methyl sites for hydroxylation is 2.